The van der Waals surface area contributed by atoms with Gasteiger partial charge in [0.1, 0.15) is 11.9 Å². The number of aryl methyl sites for hydroxylation is 1. The van der Waals surface area contributed by atoms with Gasteiger partial charge in [0.25, 0.3) is 0 Å². The molecule has 2 heteroatoms. The molecule has 0 spiro atoms. The molecule has 0 aliphatic rings. The fourth-order valence-corrected chi connectivity index (χ4v) is 1.16. The Hall–Kier alpha value is -1.57. The molecule has 2 nitrogen and oxygen atoms in total. The first-order chi connectivity index (χ1) is 6.69. The van der Waals surface area contributed by atoms with Gasteiger partial charge in [0, 0.05) is 0 Å². The van der Waals surface area contributed by atoms with Crippen LogP contribution >= 0.6 is 0 Å². The molecule has 0 radical (unpaired) electrons. The van der Waals surface area contributed by atoms with Crippen molar-refractivity contribution in [3.8, 4) is 5.75 Å². The van der Waals surface area contributed by atoms with E-state index in [0.717, 1.165) is 11.8 Å². The lowest BCUT2D eigenvalue weighted by atomic mass is 10.1. The summed E-state index contributed by atoms with van der Waals surface area (Å²) in [6.07, 6.45) is 2.41. The third-order valence-corrected chi connectivity index (χ3v) is 2.00. The van der Waals surface area contributed by atoms with E-state index in [1.165, 1.54) is 0 Å². The predicted molar refractivity (Wildman–Crippen MR) is 56.9 cm³/mol. The van der Waals surface area contributed by atoms with Crippen LogP contribution in [0.1, 0.15) is 22.8 Å². The Kier molecular flexibility index (Phi) is 3.46. The fraction of sp³-hybridized carbons (Fsp3) is 0.250. The summed E-state index contributed by atoms with van der Waals surface area (Å²) in [6, 6.07) is 5.49. The van der Waals surface area contributed by atoms with Crippen molar-refractivity contribution >= 4 is 6.29 Å². The standard InChI is InChI=1S/C12H14O2/c1-4-10(3)14-12-9(2)6-5-7-11(12)8-13/h4-8,10H,1H2,2-3H3. The summed E-state index contributed by atoms with van der Waals surface area (Å²) in [5, 5.41) is 0. The Morgan fingerprint density at radius 3 is 2.79 bits per heavy atom. The molecule has 74 valence electrons. The van der Waals surface area contributed by atoms with Crippen LogP contribution < -0.4 is 4.74 Å². The number of benzene rings is 1. The van der Waals surface area contributed by atoms with Crippen molar-refractivity contribution in [3.63, 3.8) is 0 Å². The molecular formula is C12H14O2. The van der Waals surface area contributed by atoms with Crippen molar-refractivity contribution in [3.05, 3.63) is 42.0 Å². The van der Waals surface area contributed by atoms with Crippen LogP contribution in [0.15, 0.2) is 30.9 Å². The van der Waals surface area contributed by atoms with Gasteiger partial charge in [0.15, 0.2) is 6.29 Å². The van der Waals surface area contributed by atoms with Crippen LogP contribution in [0.5, 0.6) is 5.75 Å². The zero-order valence-electron chi connectivity index (χ0n) is 8.49. The smallest absolute Gasteiger partial charge is 0.153 e. The molecule has 0 amide bonds. The van der Waals surface area contributed by atoms with Gasteiger partial charge in [0.05, 0.1) is 5.56 Å². The highest BCUT2D eigenvalue weighted by Gasteiger charge is 2.07. The van der Waals surface area contributed by atoms with E-state index in [1.807, 2.05) is 26.0 Å². The molecule has 0 heterocycles. The third-order valence-electron chi connectivity index (χ3n) is 2.00. The largest absolute Gasteiger partial charge is 0.486 e. The van der Waals surface area contributed by atoms with Crippen LogP contribution in [0.3, 0.4) is 0 Å². The van der Waals surface area contributed by atoms with E-state index < -0.39 is 0 Å². The van der Waals surface area contributed by atoms with E-state index in [1.54, 1.807) is 12.1 Å². The molecule has 0 fully saturated rings. The van der Waals surface area contributed by atoms with Crippen molar-refractivity contribution in [1.29, 1.82) is 0 Å². The summed E-state index contributed by atoms with van der Waals surface area (Å²) >= 11 is 0. The summed E-state index contributed by atoms with van der Waals surface area (Å²) in [4.78, 5) is 10.7. The minimum absolute atomic E-state index is 0.0881. The molecule has 1 aromatic carbocycles. The second-order valence-electron chi connectivity index (χ2n) is 3.17. The molecule has 1 atom stereocenters. The summed E-state index contributed by atoms with van der Waals surface area (Å²) in [5.41, 5.74) is 1.54. The fourth-order valence-electron chi connectivity index (χ4n) is 1.16. The molecule has 1 aromatic rings. The predicted octanol–water partition coefficient (Wildman–Crippen LogP) is 2.76. The third kappa shape index (κ3) is 2.22. The van der Waals surface area contributed by atoms with Crippen molar-refractivity contribution in [2.24, 2.45) is 0 Å². The minimum atomic E-state index is -0.0881. The van der Waals surface area contributed by atoms with Gasteiger partial charge >= 0.3 is 0 Å². The van der Waals surface area contributed by atoms with E-state index >= 15 is 0 Å². The van der Waals surface area contributed by atoms with Crippen LogP contribution in [0.25, 0.3) is 0 Å². The molecule has 0 aliphatic heterocycles. The van der Waals surface area contributed by atoms with Gasteiger partial charge in [-0.05, 0) is 25.5 Å². The number of hydrogen-bond acceptors (Lipinski definition) is 2. The molecular weight excluding hydrogens is 176 g/mol. The van der Waals surface area contributed by atoms with Gasteiger partial charge in [-0.25, -0.2) is 0 Å². The van der Waals surface area contributed by atoms with Crippen molar-refractivity contribution < 1.29 is 9.53 Å². The number of carbonyl (C=O) groups is 1. The zero-order chi connectivity index (χ0) is 10.6. The highest BCUT2D eigenvalue weighted by Crippen LogP contribution is 2.23. The average molecular weight is 190 g/mol. The lowest BCUT2D eigenvalue weighted by molar-refractivity contribution is 0.111. The maximum Gasteiger partial charge on any atom is 0.153 e. The van der Waals surface area contributed by atoms with Gasteiger partial charge in [-0.15, -0.1) is 0 Å². The van der Waals surface area contributed by atoms with Crippen LogP contribution in [0.2, 0.25) is 0 Å². The topological polar surface area (TPSA) is 26.3 Å². The Morgan fingerprint density at radius 1 is 1.50 bits per heavy atom. The minimum Gasteiger partial charge on any atom is -0.486 e. The second kappa shape index (κ2) is 4.61. The van der Waals surface area contributed by atoms with Crippen LogP contribution in [0.4, 0.5) is 0 Å². The normalized spacial score (nSPS) is 11.9. The Labute approximate surface area is 84.2 Å². The lowest BCUT2D eigenvalue weighted by Gasteiger charge is -2.14. The van der Waals surface area contributed by atoms with Gasteiger partial charge in [0.2, 0.25) is 0 Å². The Bertz CT molecular complexity index is 342. The van der Waals surface area contributed by atoms with Crippen LogP contribution in [-0.4, -0.2) is 12.4 Å². The van der Waals surface area contributed by atoms with E-state index in [0.29, 0.717) is 11.3 Å². The molecule has 0 aliphatic carbocycles. The van der Waals surface area contributed by atoms with Gasteiger partial charge < -0.3 is 4.74 Å². The first kappa shape index (κ1) is 10.5. The highest BCUT2D eigenvalue weighted by atomic mass is 16.5. The molecule has 1 rings (SSSR count). The highest BCUT2D eigenvalue weighted by molar-refractivity contribution is 5.80. The summed E-state index contributed by atoms with van der Waals surface area (Å²) < 4.78 is 5.57. The van der Waals surface area contributed by atoms with Crippen molar-refractivity contribution in [1.82, 2.24) is 0 Å². The summed E-state index contributed by atoms with van der Waals surface area (Å²) in [5.74, 6) is 0.648. The Balaban J connectivity index is 3.04. The number of rotatable bonds is 4. The summed E-state index contributed by atoms with van der Waals surface area (Å²) in [7, 11) is 0. The molecule has 0 bridgehead atoms. The van der Waals surface area contributed by atoms with E-state index in [2.05, 4.69) is 6.58 Å². The molecule has 0 saturated heterocycles. The van der Waals surface area contributed by atoms with E-state index in [-0.39, 0.29) is 6.10 Å². The molecule has 0 N–H and O–H groups in total. The van der Waals surface area contributed by atoms with E-state index in [9.17, 15) is 4.79 Å². The van der Waals surface area contributed by atoms with Crippen molar-refractivity contribution in [2.75, 3.05) is 0 Å². The first-order valence-corrected chi connectivity index (χ1v) is 4.53. The van der Waals surface area contributed by atoms with Gasteiger partial charge in [-0.3, -0.25) is 4.79 Å². The summed E-state index contributed by atoms with van der Waals surface area (Å²) in [6.45, 7) is 7.43. The number of ether oxygens (including phenoxy) is 1. The number of hydrogen-bond donors (Lipinski definition) is 0. The first-order valence-electron chi connectivity index (χ1n) is 4.53. The monoisotopic (exact) mass is 190 g/mol. The average Bonchev–Trinajstić information content (AvgIpc) is 2.20. The maximum absolute atomic E-state index is 10.7. The number of para-hydroxylation sites is 1. The number of carbonyl (C=O) groups excluding carboxylic acids is 1. The maximum atomic E-state index is 10.7. The lowest BCUT2D eigenvalue weighted by Crippen LogP contribution is -2.09. The molecule has 0 saturated carbocycles. The Morgan fingerprint density at radius 2 is 2.21 bits per heavy atom. The van der Waals surface area contributed by atoms with Crippen LogP contribution in [-0.2, 0) is 0 Å². The molecule has 1 unspecified atom stereocenters. The van der Waals surface area contributed by atoms with Gasteiger partial charge in [-0.2, -0.15) is 0 Å². The zero-order valence-corrected chi connectivity index (χ0v) is 8.49. The quantitative estimate of drug-likeness (QED) is 0.539. The molecule has 0 aromatic heterocycles. The SMILES string of the molecule is C=CC(C)Oc1c(C)cccc1C=O. The second-order valence-corrected chi connectivity index (χ2v) is 3.17. The van der Waals surface area contributed by atoms with Crippen molar-refractivity contribution in [2.45, 2.75) is 20.0 Å². The molecule has 14 heavy (non-hydrogen) atoms. The number of aldehydes is 1. The van der Waals surface area contributed by atoms with Crippen LogP contribution in [0, 0.1) is 6.92 Å². The van der Waals surface area contributed by atoms with E-state index in [4.69, 9.17) is 4.74 Å². The van der Waals surface area contributed by atoms with Gasteiger partial charge in [-0.1, -0.05) is 24.8 Å².